The van der Waals surface area contributed by atoms with E-state index in [0.29, 0.717) is 16.3 Å². The van der Waals surface area contributed by atoms with Crippen molar-refractivity contribution >= 4 is 29.0 Å². The van der Waals surface area contributed by atoms with E-state index in [9.17, 15) is 4.79 Å². The van der Waals surface area contributed by atoms with Crippen LogP contribution in [0.25, 0.3) is 11.3 Å². The van der Waals surface area contributed by atoms with Gasteiger partial charge in [0.05, 0.1) is 22.6 Å². The Morgan fingerprint density at radius 2 is 2.00 bits per heavy atom. The Balaban J connectivity index is 1.34. The van der Waals surface area contributed by atoms with Crippen LogP contribution >= 0.6 is 11.6 Å². The van der Waals surface area contributed by atoms with Gasteiger partial charge >= 0.3 is 0 Å². The molecule has 0 aliphatic rings. The van der Waals surface area contributed by atoms with Crippen molar-refractivity contribution in [1.29, 1.82) is 0 Å². The van der Waals surface area contributed by atoms with Gasteiger partial charge in [-0.25, -0.2) is 9.97 Å². The average Bonchev–Trinajstić information content (AvgIpc) is 3.32. The molecule has 0 saturated carbocycles. The number of nitrogens with zero attached hydrogens (tertiary/aromatic N) is 4. The van der Waals surface area contributed by atoms with Gasteiger partial charge in [-0.3, -0.25) is 9.78 Å². The van der Waals surface area contributed by atoms with E-state index in [0.717, 1.165) is 36.6 Å². The Labute approximate surface area is 185 Å². The van der Waals surface area contributed by atoms with Crippen LogP contribution in [0.5, 0.6) is 0 Å². The van der Waals surface area contributed by atoms with E-state index in [1.54, 1.807) is 49.2 Å². The second-order valence-corrected chi connectivity index (χ2v) is 7.28. The van der Waals surface area contributed by atoms with Crippen molar-refractivity contribution in [3.05, 3.63) is 90.2 Å². The number of pyridine rings is 2. The van der Waals surface area contributed by atoms with E-state index < -0.39 is 0 Å². The summed E-state index contributed by atoms with van der Waals surface area (Å²) < 4.78 is 2.03. The standard InChI is InChI=1S/C23H21ClN6O/c24-20-7-6-18(14-19(20)21-4-1-2-9-26-21)29-23(31)17-5-8-22(28-15-17)27-10-3-12-30-13-11-25-16-30/h1-2,4-9,11,13-16H,3,10,12H2,(H,27,28)(H,29,31). The quantitative estimate of drug-likeness (QED) is 0.392. The van der Waals surface area contributed by atoms with E-state index in [1.807, 2.05) is 35.0 Å². The third-order valence-corrected chi connectivity index (χ3v) is 4.98. The fourth-order valence-electron chi connectivity index (χ4n) is 3.05. The molecule has 3 aromatic heterocycles. The molecule has 4 rings (SSSR count). The van der Waals surface area contributed by atoms with Gasteiger partial charge in [0.25, 0.3) is 5.91 Å². The van der Waals surface area contributed by atoms with Crippen LogP contribution in [0, 0.1) is 0 Å². The van der Waals surface area contributed by atoms with Crippen molar-refractivity contribution in [2.24, 2.45) is 0 Å². The van der Waals surface area contributed by atoms with Gasteiger partial charge in [0.15, 0.2) is 0 Å². The third-order valence-electron chi connectivity index (χ3n) is 4.65. The highest BCUT2D eigenvalue weighted by Gasteiger charge is 2.10. The molecule has 8 heteroatoms. The summed E-state index contributed by atoms with van der Waals surface area (Å²) in [6.07, 6.45) is 9.70. The molecule has 2 N–H and O–H groups in total. The van der Waals surface area contributed by atoms with Crippen LogP contribution in [-0.4, -0.2) is 32.0 Å². The van der Waals surface area contributed by atoms with E-state index >= 15 is 0 Å². The van der Waals surface area contributed by atoms with Crippen LogP contribution in [0.15, 0.2) is 79.6 Å². The summed E-state index contributed by atoms with van der Waals surface area (Å²) in [6.45, 7) is 1.66. The van der Waals surface area contributed by atoms with E-state index in [1.165, 1.54) is 0 Å². The zero-order valence-corrected chi connectivity index (χ0v) is 17.5. The summed E-state index contributed by atoms with van der Waals surface area (Å²) in [5, 5.41) is 6.72. The van der Waals surface area contributed by atoms with Gasteiger partial charge in [-0.2, -0.15) is 0 Å². The normalized spacial score (nSPS) is 10.6. The zero-order chi connectivity index (χ0) is 21.5. The number of anilines is 2. The number of carbonyl (C=O) groups excluding carboxylic acids is 1. The highest BCUT2D eigenvalue weighted by molar-refractivity contribution is 6.33. The molecule has 0 bridgehead atoms. The largest absolute Gasteiger partial charge is 0.370 e. The Morgan fingerprint density at radius 1 is 1.06 bits per heavy atom. The van der Waals surface area contributed by atoms with Crippen LogP contribution in [0.2, 0.25) is 5.02 Å². The predicted molar refractivity (Wildman–Crippen MR) is 122 cm³/mol. The van der Waals surface area contributed by atoms with Crippen molar-refractivity contribution in [2.75, 3.05) is 17.2 Å². The fraction of sp³-hybridized carbons (Fsp3) is 0.130. The molecule has 0 fully saturated rings. The van der Waals surface area contributed by atoms with E-state index in [4.69, 9.17) is 11.6 Å². The molecule has 0 radical (unpaired) electrons. The number of hydrogen-bond acceptors (Lipinski definition) is 5. The van der Waals surface area contributed by atoms with Crippen molar-refractivity contribution in [3.63, 3.8) is 0 Å². The molecule has 4 aromatic rings. The first kappa shape index (κ1) is 20.6. The van der Waals surface area contributed by atoms with Crippen LogP contribution in [0.3, 0.4) is 0 Å². The van der Waals surface area contributed by atoms with Gasteiger partial charge in [0.2, 0.25) is 0 Å². The highest BCUT2D eigenvalue weighted by atomic mass is 35.5. The topological polar surface area (TPSA) is 84.7 Å². The Bertz CT molecular complexity index is 1130. The number of imidazole rings is 1. The molecule has 0 saturated heterocycles. The summed E-state index contributed by atoms with van der Waals surface area (Å²) in [7, 11) is 0. The SMILES string of the molecule is O=C(Nc1ccc(Cl)c(-c2ccccn2)c1)c1ccc(NCCCn2ccnc2)nc1. The number of hydrogen-bond donors (Lipinski definition) is 2. The van der Waals surface area contributed by atoms with Crippen LogP contribution in [-0.2, 0) is 6.54 Å². The minimum absolute atomic E-state index is 0.242. The lowest BCUT2D eigenvalue weighted by Crippen LogP contribution is -2.13. The first-order valence-corrected chi connectivity index (χ1v) is 10.2. The van der Waals surface area contributed by atoms with Crippen molar-refractivity contribution in [3.8, 4) is 11.3 Å². The average molecular weight is 433 g/mol. The molecule has 1 amide bonds. The number of nitrogens with one attached hydrogen (secondary N) is 2. The second-order valence-electron chi connectivity index (χ2n) is 6.88. The maximum absolute atomic E-state index is 12.6. The Morgan fingerprint density at radius 3 is 2.74 bits per heavy atom. The summed E-state index contributed by atoms with van der Waals surface area (Å²) in [5.41, 5.74) is 2.61. The number of amides is 1. The van der Waals surface area contributed by atoms with E-state index in [2.05, 4.69) is 25.6 Å². The summed E-state index contributed by atoms with van der Waals surface area (Å²) in [6, 6.07) is 14.5. The van der Waals surface area contributed by atoms with Gasteiger partial charge < -0.3 is 15.2 Å². The Kier molecular flexibility index (Phi) is 6.54. The van der Waals surface area contributed by atoms with Crippen molar-refractivity contribution in [1.82, 2.24) is 19.5 Å². The number of benzene rings is 1. The lowest BCUT2D eigenvalue weighted by atomic mass is 10.1. The van der Waals surface area contributed by atoms with Gasteiger partial charge in [-0.15, -0.1) is 0 Å². The summed E-state index contributed by atoms with van der Waals surface area (Å²) >= 11 is 6.31. The fourth-order valence-corrected chi connectivity index (χ4v) is 3.27. The summed E-state index contributed by atoms with van der Waals surface area (Å²) in [5.74, 6) is 0.486. The smallest absolute Gasteiger partial charge is 0.257 e. The minimum Gasteiger partial charge on any atom is -0.370 e. The minimum atomic E-state index is -0.242. The maximum Gasteiger partial charge on any atom is 0.257 e. The second kappa shape index (κ2) is 9.86. The molecule has 0 aliphatic carbocycles. The predicted octanol–water partition coefficient (Wildman–Crippen LogP) is 4.75. The number of aromatic nitrogens is 4. The van der Waals surface area contributed by atoms with Crippen LogP contribution in [0.4, 0.5) is 11.5 Å². The van der Waals surface area contributed by atoms with Gasteiger partial charge in [0, 0.05) is 49.1 Å². The van der Waals surface area contributed by atoms with Gasteiger partial charge in [-0.05, 0) is 48.9 Å². The van der Waals surface area contributed by atoms with Crippen LogP contribution < -0.4 is 10.6 Å². The van der Waals surface area contributed by atoms with Crippen molar-refractivity contribution in [2.45, 2.75) is 13.0 Å². The molecule has 0 atom stereocenters. The van der Waals surface area contributed by atoms with Gasteiger partial charge in [-0.1, -0.05) is 17.7 Å². The molecular weight excluding hydrogens is 412 g/mol. The molecule has 3 heterocycles. The number of rotatable bonds is 8. The molecule has 1 aromatic carbocycles. The molecule has 7 nitrogen and oxygen atoms in total. The molecular formula is C23H21ClN6O. The lowest BCUT2D eigenvalue weighted by molar-refractivity contribution is 0.102. The Hall–Kier alpha value is -3.71. The zero-order valence-electron chi connectivity index (χ0n) is 16.7. The van der Waals surface area contributed by atoms with Crippen LogP contribution in [0.1, 0.15) is 16.8 Å². The first-order valence-electron chi connectivity index (χ1n) is 9.87. The molecule has 0 unspecified atom stereocenters. The highest BCUT2D eigenvalue weighted by Crippen LogP contribution is 2.29. The first-order chi connectivity index (χ1) is 15.2. The molecule has 31 heavy (non-hydrogen) atoms. The number of halogens is 1. The third kappa shape index (κ3) is 5.46. The van der Waals surface area contributed by atoms with E-state index in [-0.39, 0.29) is 5.91 Å². The molecule has 156 valence electrons. The maximum atomic E-state index is 12.6. The number of carbonyl (C=O) groups is 1. The van der Waals surface area contributed by atoms with Crippen molar-refractivity contribution < 1.29 is 4.79 Å². The summed E-state index contributed by atoms with van der Waals surface area (Å²) in [4.78, 5) is 25.3. The molecule has 0 spiro atoms. The monoisotopic (exact) mass is 432 g/mol. The molecule has 0 aliphatic heterocycles. The number of aryl methyl sites for hydroxylation is 1. The van der Waals surface area contributed by atoms with Gasteiger partial charge in [0.1, 0.15) is 5.82 Å². The lowest BCUT2D eigenvalue weighted by Gasteiger charge is -2.10.